The summed E-state index contributed by atoms with van der Waals surface area (Å²) in [6.07, 6.45) is 5.30. The van der Waals surface area contributed by atoms with Crippen molar-refractivity contribution in [2.75, 3.05) is 43.4 Å². The van der Waals surface area contributed by atoms with E-state index in [9.17, 15) is 9.90 Å². The fourth-order valence-corrected chi connectivity index (χ4v) is 3.19. The fourth-order valence-electron chi connectivity index (χ4n) is 3.19. The zero-order chi connectivity index (χ0) is 15.5. The second-order valence-electron chi connectivity index (χ2n) is 6.34. The molecule has 2 fully saturated rings. The van der Waals surface area contributed by atoms with Crippen LogP contribution in [-0.4, -0.2) is 58.7 Å². The first-order valence-electron chi connectivity index (χ1n) is 7.89. The number of nitrogen functional groups attached to an aromatic ring is 1. The normalized spacial score (nSPS) is 23.8. The SMILES string of the molecule is Nc1cc(N2CCN(CC3CCC3)C[C@H](C(=O)O)C2)ncn1. The van der Waals surface area contributed by atoms with Crippen molar-refractivity contribution >= 4 is 17.6 Å². The Morgan fingerprint density at radius 1 is 1.32 bits per heavy atom. The van der Waals surface area contributed by atoms with Crippen molar-refractivity contribution < 1.29 is 9.90 Å². The van der Waals surface area contributed by atoms with E-state index in [-0.39, 0.29) is 0 Å². The minimum atomic E-state index is -0.743. The summed E-state index contributed by atoms with van der Waals surface area (Å²) >= 11 is 0. The first kappa shape index (κ1) is 15.0. The van der Waals surface area contributed by atoms with E-state index in [0.29, 0.717) is 24.7 Å². The maximum atomic E-state index is 11.6. The molecule has 120 valence electrons. The number of aromatic nitrogens is 2. The second kappa shape index (κ2) is 6.48. The third-order valence-corrected chi connectivity index (χ3v) is 4.69. The number of carbonyl (C=O) groups is 1. The van der Waals surface area contributed by atoms with Crippen molar-refractivity contribution in [3.8, 4) is 0 Å². The lowest BCUT2D eigenvalue weighted by molar-refractivity contribution is -0.141. The molecule has 1 atom stereocenters. The molecule has 0 radical (unpaired) electrons. The molecule has 3 rings (SSSR count). The molecule has 22 heavy (non-hydrogen) atoms. The van der Waals surface area contributed by atoms with Crippen molar-refractivity contribution in [1.29, 1.82) is 0 Å². The Labute approximate surface area is 130 Å². The van der Waals surface area contributed by atoms with Gasteiger partial charge in [-0.1, -0.05) is 6.42 Å². The lowest BCUT2D eigenvalue weighted by Gasteiger charge is -2.32. The highest BCUT2D eigenvalue weighted by molar-refractivity contribution is 5.71. The number of aliphatic carboxylic acids is 1. The number of nitrogens with zero attached hydrogens (tertiary/aromatic N) is 4. The Kier molecular flexibility index (Phi) is 4.42. The van der Waals surface area contributed by atoms with Crippen LogP contribution in [0.1, 0.15) is 19.3 Å². The van der Waals surface area contributed by atoms with Gasteiger partial charge in [0.25, 0.3) is 0 Å². The average molecular weight is 305 g/mol. The molecule has 0 spiro atoms. The lowest BCUT2D eigenvalue weighted by Crippen LogP contribution is -2.38. The van der Waals surface area contributed by atoms with Crippen LogP contribution in [-0.2, 0) is 4.79 Å². The van der Waals surface area contributed by atoms with Gasteiger partial charge < -0.3 is 20.6 Å². The Morgan fingerprint density at radius 2 is 2.14 bits per heavy atom. The number of anilines is 2. The van der Waals surface area contributed by atoms with Gasteiger partial charge in [-0.15, -0.1) is 0 Å². The summed E-state index contributed by atoms with van der Waals surface area (Å²) in [5.74, 6) is 0.721. The standard InChI is InChI=1S/C15H23N5O2/c16-13-6-14(18-10-17-13)20-5-4-19(7-11-2-1-3-11)8-12(9-20)15(21)22/h6,10-12H,1-5,7-9H2,(H,21,22)(H2,16,17,18)/t12-/m0/s1. The number of hydrogen-bond donors (Lipinski definition) is 2. The summed E-state index contributed by atoms with van der Waals surface area (Å²) in [4.78, 5) is 24.0. The summed E-state index contributed by atoms with van der Waals surface area (Å²) in [7, 11) is 0. The first-order valence-corrected chi connectivity index (χ1v) is 7.89. The van der Waals surface area contributed by atoms with Gasteiger partial charge in [0, 0.05) is 38.8 Å². The molecule has 0 amide bonds. The van der Waals surface area contributed by atoms with Crippen LogP contribution in [0, 0.1) is 11.8 Å². The third-order valence-electron chi connectivity index (χ3n) is 4.69. The molecule has 1 saturated carbocycles. The molecule has 0 aromatic carbocycles. The smallest absolute Gasteiger partial charge is 0.309 e. The van der Waals surface area contributed by atoms with Gasteiger partial charge in [0.1, 0.15) is 18.0 Å². The second-order valence-corrected chi connectivity index (χ2v) is 6.34. The molecule has 3 N–H and O–H groups in total. The summed E-state index contributed by atoms with van der Waals surface area (Å²) in [6, 6.07) is 1.71. The van der Waals surface area contributed by atoms with Gasteiger partial charge in [0.2, 0.25) is 0 Å². The van der Waals surface area contributed by atoms with Crippen LogP contribution in [0.4, 0.5) is 11.6 Å². The maximum absolute atomic E-state index is 11.6. The molecular formula is C15H23N5O2. The Balaban J connectivity index is 1.71. The van der Waals surface area contributed by atoms with Crippen molar-refractivity contribution in [1.82, 2.24) is 14.9 Å². The van der Waals surface area contributed by atoms with Gasteiger partial charge in [-0.3, -0.25) is 4.79 Å². The van der Waals surface area contributed by atoms with Crippen LogP contribution < -0.4 is 10.6 Å². The van der Waals surface area contributed by atoms with Gasteiger partial charge >= 0.3 is 5.97 Å². The van der Waals surface area contributed by atoms with Crippen LogP contribution in [0.5, 0.6) is 0 Å². The molecule has 2 aliphatic rings. The first-order chi connectivity index (χ1) is 10.6. The van der Waals surface area contributed by atoms with E-state index in [0.717, 1.165) is 25.6 Å². The molecule has 0 bridgehead atoms. The Bertz CT molecular complexity index is 534. The van der Waals surface area contributed by atoms with Crippen molar-refractivity contribution in [2.45, 2.75) is 19.3 Å². The Morgan fingerprint density at radius 3 is 2.77 bits per heavy atom. The highest BCUT2D eigenvalue weighted by Gasteiger charge is 2.30. The monoisotopic (exact) mass is 305 g/mol. The number of nitrogens with two attached hydrogens (primary N) is 1. The summed E-state index contributed by atoms with van der Waals surface area (Å²) in [5, 5.41) is 9.49. The predicted molar refractivity (Wildman–Crippen MR) is 83.6 cm³/mol. The summed E-state index contributed by atoms with van der Waals surface area (Å²) in [6.45, 7) is 3.73. The van der Waals surface area contributed by atoms with Crippen LogP contribution in [0.25, 0.3) is 0 Å². The van der Waals surface area contributed by atoms with Crippen LogP contribution >= 0.6 is 0 Å². The quantitative estimate of drug-likeness (QED) is 0.844. The number of rotatable bonds is 4. The van der Waals surface area contributed by atoms with E-state index in [1.807, 2.05) is 4.90 Å². The maximum Gasteiger partial charge on any atom is 0.309 e. The molecule has 1 aliphatic heterocycles. The van der Waals surface area contributed by atoms with Gasteiger partial charge in [-0.2, -0.15) is 0 Å². The van der Waals surface area contributed by atoms with Crippen molar-refractivity contribution in [2.24, 2.45) is 11.8 Å². The molecule has 7 heteroatoms. The van der Waals surface area contributed by atoms with E-state index in [4.69, 9.17) is 5.73 Å². The number of hydrogen-bond acceptors (Lipinski definition) is 6. The van der Waals surface area contributed by atoms with Crippen molar-refractivity contribution in [3.05, 3.63) is 12.4 Å². The summed E-state index contributed by atoms with van der Waals surface area (Å²) < 4.78 is 0. The van der Waals surface area contributed by atoms with E-state index >= 15 is 0 Å². The van der Waals surface area contributed by atoms with Gasteiger partial charge in [0.15, 0.2) is 0 Å². The molecule has 1 saturated heterocycles. The van der Waals surface area contributed by atoms with E-state index in [1.165, 1.54) is 25.6 Å². The molecule has 7 nitrogen and oxygen atoms in total. The molecule has 2 heterocycles. The molecule has 0 unspecified atom stereocenters. The lowest BCUT2D eigenvalue weighted by atomic mass is 9.85. The van der Waals surface area contributed by atoms with Crippen LogP contribution in [0.2, 0.25) is 0 Å². The van der Waals surface area contributed by atoms with E-state index in [2.05, 4.69) is 14.9 Å². The highest BCUT2D eigenvalue weighted by atomic mass is 16.4. The van der Waals surface area contributed by atoms with Gasteiger partial charge in [0.05, 0.1) is 5.92 Å². The number of carboxylic acid groups (broad SMARTS) is 1. The van der Waals surface area contributed by atoms with Crippen LogP contribution in [0.15, 0.2) is 12.4 Å². The minimum absolute atomic E-state index is 0.404. The highest BCUT2D eigenvalue weighted by Crippen LogP contribution is 2.28. The Hall–Kier alpha value is -1.89. The minimum Gasteiger partial charge on any atom is -0.481 e. The van der Waals surface area contributed by atoms with E-state index < -0.39 is 11.9 Å². The average Bonchev–Trinajstić information content (AvgIpc) is 2.66. The number of carboxylic acids is 1. The topological polar surface area (TPSA) is 95.6 Å². The van der Waals surface area contributed by atoms with Crippen LogP contribution in [0.3, 0.4) is 0 Å². The zero-order valence-electron chi connectivity index (χ0n) is 12.7. The zero-order valence-corrected chi connectivity index (χ0v) is 12.7. The molecular weight excluding hydrogens is 282 g/mol. The summed E-state index contributed by atoms with van der Waals surface area (Å²) in [5.41, 5.74) is 5.71. The third kappa shape index (κ3) is 3.47. The van der Waals surface area contributed by atoms with E-state index in [1.54, 1.807) is 6.07 Å². The largest absolute Gasteiger partial charge is 0.481 e. The van der Waals surface area contributed by atoms with Gasteiger partial charge in [-0.25, -0.2) is 9.97 Å². The van der Waals surface area contributed by atoms with Crippen molar-refractivity contribution in [3.63, 3.8) is 0 Å². The molecule has 1 aliphatic carbocycles. The predicted octanol–water partition coefficient (Wildman–Crippen LogP) is 0.682. The fraction of sp³-hybridized carbons (Fsp3) is 0.667. The van der Waals surface area contributed by atoms with Gasteiger partial charge in [-0.05, 0) is 18.8 Å². The molecule has 1 aromatic heterocycles. The molecule has 1 aromatic rings.